The molecule has 3 aliphatic rings. The SMILES string of the molecule is O=C(c1nccs1)[C@]12Cc3cnn(-c4ccc(F)cc4)c3C=C1CCN(Sc1ccc(N3CC[C@@H](F)C3)nc1)C2. The minimum Gasteiger partial charge on any atom is -0.354 e. The Balaban J connectivity index is 1.18. The van der Waals surface area contributed by atoms with Crippen LogP contribution < -0.4 is 4.90 Å². The Bertz CT molecular complexity index is 1570. The highest BCUT2D eigenvalue weighted by molar-refractivity contribution is 7.97. The van der Waals surface area contributed by atoms with E-state index in [0.29, 0.717) is 37.5 Å². The Morgan fingerprint density at radius 3 is 2.70 bits per heavy atom. The first-order valence-corrected chi connectivity index (χ1v) is 14.9. The fourth-order valence-electron chi connectivity index (χ4n) is 5.91. The minimum atomic E-state index is -0.795. The number of ketones is 1. The number of piperidine rings is 1. The summed E-state index contributed by atoms with van der Waals surface area (Å²) in [5.74, 6) is 0.527. The van der Waals surface area contributed by atoms with E-state index in [1.165, 1.54) is 23.5 Å². The Hall–Kier alpha value is -3.41. The molecule has 0 unspecified atom stereocenters. The van der Waals surface area contributed by atoms with Gasteiger partial charge >= 0.3 is 0 Å². The fraction of sp³-hybridized carbons (Fsp3) is 0.310. The van der Waals surface area contributed by atoms with E-state index in [2.05, 4.69) is 25.4 Å². The Labute approximate surface area is 238 Å². The second-order valence-electron chi connectivity index (χ2n) is 10.4. The lowest BCUT2D eigenvalue weighted by molar-refractivity contribution is 0.0781. The van der Waals surface area contributed by atoms with Gasteiger partial charge < -0.3 is 4.90 Å². The highest BCUT2D eigenvalue weighted by Crippen LogP contribution is 2.48. The molecule has 3 aromatic heterocycles. The molecule has 2 saturated heterocycles. The minimum absolute atomic E-state index is 0.0301. The summed E-state index contributed by atoms with van der Waals surface area (Å²) < 4.78 is 31.3. The number of hydrogen-bond acceptors (Lipinski definition) is 8. The van der Waals surface area contributed by atoms with E-state index in [1.807, 2.05) is 39.5 Å². The highest BCUT2D eigenvalue weighted by Gasteiger charge is 2.49. The molecular weight excluding hydrogens is 550 g/mol. The van der Waals surface area contributed by atoms with E-state index < -0.39 is 11.6 Å². The van der Waals surface area contributed by atoms with Crippen LogP contribution in [0.15, 0.2) is 70.8 Å². The molecule has 0 saturated carbocycles. The Morgan fingerprint density at radius 1 is 1.10 bits per heavy atom. The molecule has 0 spiro atoms. The maximum Gasteiger partial charge on any atom is 0.203 e. The van der Waals surface area contributed by atoms with Crippen molar-refractivity contribution in [2.45, 2.75) is 30.3 Å². The highest BCUT2D eigenvalue weighted by atomic mass is 32.2. The number of rotatable bonds is 6. The van der Waals surface area contributed by atoms with Gasteiger partial charge in [-0.15, -0.1) is 11.3 Å². The summed E-state index contributed by atoms with van der Waals surface area (Å²) in [5.41, 5.74) is 3.00. The predicted octanol–water partition coefficient (Wildman–Crippen LogP) is 5.63. The zero-order valence-electron chi connectivity index (χ0n) is 21.5. The first-order chi connectivity index (χ1) is 19.5. The van der Waals surface area contributed by atoms with Gasteiger partial charge in [-0.1, -0.05) is 5.57 Å². The van der Waals surface area contributed by atoms with Crippen LogP contribution in [0.1, 0.15) is 33.9 Å². The summed E-state index contributed by atoms with van der Waals surface area (Å²) in [5, 5.41) is 6.96. The van der Waals surface area contributed by atoms with Crippen molar-refractivity contribution in [3.8, 4) is 5.69 Å². The largest absolute Gasteiger partial charge is 0.354 e. The van der Waals surface area contributed by atoms with Gasteiger partial charge in [0, 0.05) is 42.3 Å². The first kappa shape index (κ1) is 25.6. The van der Waals surface area contributed by atoms with Crippen LogP contribution in [0.5, 0.6) is 0 Å². The number of hydrogen-bond donors (Lipinski definition) is 0. The molecule has 0 N–H and O–H groups in total. The van der Waals surface area contributed by atoms with Crippen LogP contribution in [-0.2, 0) is 6.42 Å². The molecule has 2 fully saturated rings. The Kier molecular flexibility index (Phi) is 6.52. The van der Waals surface area contributed by atoms with Gasteiger partial charge in [0.2, 0.25) is 5.78 Å². The number of carbonyl (C=O) groups is 1. The van der Waals surface area contributed by atoms with E-state index in [-0.39, 0.29) is 11.6 Å². The molecule has 11 heteroatoms. The number of alkyl halides is 1. The van der Waals surface area contributed by atoms with Crippen molar-refractivity contribution < 1.29 is 13.6 Å². The normalized spacial score (nSPS) is 22.6. The number of carbonyl (C=O) groups excluding carboxylic acids is 1. The average Bonchev–Trinajstić information content (AvgIpc) is 3.74. The van der Waals surface area contributed by atoms with Gasteiger partial charge in [0.1, 0.15) is 17.8 Å². The second kappa shape index (κ2) is 10.2. The fourth-order valence-corrected chi connectivity index (χ4v) is 7.58. The van der Waals surface area contributed by atoms with Crippen molar-refractivity contribution in [3.05, 3.63) is 88.0 Å². The van der Waals surface area contributed by atoms with E-state index in [1.54, 1.807) is 30.3 Å². The van der Waals surface area contributed by atoms with E-state index in [4.69, 9.17) is 0 Å². The molecule has 40 heavy (non-hydrogen) atoms. The zero-order valence-corrected chi connectivity index (χ0v) is 23.2. The van der Waals surface area contributed by atoms with Gasteiger partial charge in [-0.2, -0.15) is 5.10 Å². The number of aromatic nitrogens is 4. The van der Waals surface area contributed by atoms with Crippen molar-refractivity contribution >= 4 is 41.0 Å². The molecule has 7 nitrogen and oxygen atoms in total. The lowest BCUT2D eigenvalue weighted by Gasteiger charge is -2.44. The van der Waals surface area contributed by atoms with Crippen molar-refractivity contribution in [1.29, 1.82) is 0 Å². The van der Waals surface area contributed by atoms with Gasteiger partial charge in [-0.3, -0.25) is 4.79 Å². The number of Topliss-reactive ketones (excluding diaryl/α,β-unsaturated/α-hetero) is 1. The molecule has 204 valence electrons. The number of fused-ring (bicyclic) bond motifs is 2. The molecule has 2 atom stereocenters. The summed E-state index contributed by atoms with van der Waals surface area (Å²) in [7, 11) is 0. The maximum atomic E-state index is 14.1. The summed E-state index contributed by atoms with van der Waals surface area (Å²) in [6, 6.07) is 10.2. The molecule has 7 rings (SSSR count). The third-order valence-electron chi connectivity index (χ3n) is 7.92. The number of halogens is 2. The van der Waals surface area contributed by atoms with Gasteiger partial charge in [-0.25, -0.2) is 27.7 Å². The lowest BCUT2D eigenvalue weighted by atomic mass is 9.66. The maximum absolute atomic E-state index is 14.1. The third kappa shape index (κ3) is 4.55. The molecule has 0 radical (unpaired) electrons. The molecule has 0 amide bonds. The van der Waals surface area contributed by atoms with Crippen LogP contribution in [-0.4, -0.2) is 62.2 Å². The molecule has 0 bridgehead atoms. The van der Waals surface area contributed by atoms with Crippen LogP contribution in [0.2, 0.25) is 0 Å². The van der Waals surface area contributed by atoms with Crippen LogP contribution >= 0.6 is 23.3 Å². The molecule has 5 heterocycles. The van der Waals surface area contributed by atoms with Gasteiger partial charge in [0.25, 0.3) is 0 Å². The zero-order chi connectivity index (χ0) is 27.3. The van der Waals surface area contributed by atoms with E-state index in [9.17, 15) is 13.6 Å². The van der Waals surface area contributed by atoms with Crippen molar-refractivity contribution in [3.63, 3.8) is 0 Å². The number of nitrogens with zero attached hydrogens (tertiary/aromatic N) is 6. The molecule has 4 aromatic rings. The van der Waals surface area contributed by atoms with E-state index >= 15 is 0 Å². The van der Waals surface area contributed by atoms with Crippen molar-refractivity contribution in [2.75, 3.05) is 31.1 Å². The van der Waals surface area contributed by atoms with Crippen molar-refractivity contribution in [1.82, 2.24) is 24.1 Å². The van der Waals surface area contributed by atoms with Crippen LogP contribution in [0.3, 0.4) is 0 Å². The summed E-state index contributed by atoms with van der Waals surface area (Å²) >= 11 is 2.96. The van der Waals surface area contributed by atoms with E-state index in [0.717, 1.165) is 46.2 Å². The van der Waals surface area contributed by atoms with Crippen LogP contribution in [0.4, 0.5) is 14.6 Å². The van der Waals surface area contributed by atoms with Crippen LogP contribution in [0.25, 0.3) is 11.8 Å². The van der Waals surface area contributed by atoms with Gasteiger partial charge in [0.15, 0.2) is 5.01 Å². The average molecular weight is 577 g/mol. The van der Waals surface area contributed by atoms with Gasteiger partial charge in [0.05, 0.1) is 29.5 Å². The standard InChI is InChI=1S/C29H26F2N6OS2/c30-21-1-3-23(4-2-21)37-25-13-20-7-11-36(40-24-5-6-26(33-16-24)35-10-8-22(31)17-35)18-29(20,14-19(25)15-34-37)27(38)28-32-9-12-39-28/h1-6,9,12-13,15-16,22H,7-8,10-11,14,17-18H2/t22-,29+/m1/s1. The topological polar surface area (TPSA) is 67.2 Å². The monoisotopic (exact) mass is 576 g/mol. The second-order valence-corrected chi connectivity index (χ2v) is 12.5. The third-order valence-corrected chi connectivity index (χ3v) is 9.72. The Morgan fingerprint density at radius 2 is 1.98 bits per heavy atom. The van der Waals surface area contributed by atoms with Gasteiger partial charge in [-0.05, 0) is 79.2 Å². The molecular formula is C29H26F2N6OS2. The number of thiazole rings is 1. The number of benzene rings is 1. The molecule has 1 aliphatic carbocycles. The number of pyridine rings is 1. The summed E-state index contributed by atoms with van der Waals surface area (Å²) in [6.07, 6.45) is 8.41. The number of anilines is 1. The lowest BCUT2D eigenvalue weighted by Crippen LogP contribution is -2.49. The first-order valence-electron chi connectivity index (χ1n) is 13.2. The summed E-state index contributed by atoms with van der Waals surface area (Å²) in [6.45, 7) is 2.37. The van der Waals surface area contributed by atoms with Crippen molar-refractivity contribution in [2.24, 2.45) is 5.41 Å². The smallest absolute Gasteiger partial charge is 0.203 e. The quantitative estimate of drug-likeness (QED) is 0.218. The molecule has 2 aliphatic heterocycles. The molecule has 1 aromatic carbocycles. The predicted molar refractivity (Wildman–Crippen MR) is 152 cm³/mol. The summed E-state index contributed by atoms with van der Waals surface area (Å²) in [4.78, 5) is 26.0. The van der Waals surface area contributed by atoms with Crippen LogP contribution in [0, 0.1) is 11.2 Å².